The minimum Gasteiger partial charge on any atom is -0.483 e. The fraction of sp³-hybridized carbons (Fsp3) is 0.286. The van der Waals surface area contributed by atoms with Gasteiger partial charge in [-0.05, 0) is 114 Å². The molecule has 8 unspecified atom stereocenters. The van der Waals surface area contributed by atoms with Gasteiger partial charge in [-0.3, -0.25) is 0 Å². The fourth-order valence-electron chi connectivity index (χ4n) is 11.8. The van der Waals surface area contributed by atoms with E-state index in [0.717, 1.165) is 50.7 Å². The molecule has 0 spiro atoms. The lowest BCUT2D eigenvalue weighted by molar-refractivity contribution is 0.0885. The van der Waals surface area contributed by atoms with Gasteiger partial charge in [-0.15, -0.1) is 0 Å². The molecular formula is C56H51NO2. The number of allylic oxidation sites excluding steroid dienone is 15. The molecule has 0 amide bonds. The Morgan fingerprint density at radius 3 is 2.49 bits per heavy atom. The third-order valence-corrected chi connectivity index (χ3v) is 14.6. The molecule has 2 heterocycles. The predicted octanol–water partition coefficient (Wildman–Crippen LogP) is 11.0. The maximum absolute atomic E-state index is 7.05. The SMILES string of the molecule is C1=CC2=c3ccccc3=C(N(C3=CCC(C4=CC5C(C=C4)OC4C(c6ccccc6)=CCCC45)CC3)C3C=CC=C4c5cc(C6=CCCC=C6)ccc5OC43)CC2C=C1. The molecule has 3 nitrogen and oxygen atoms in total. The first-order valence-electron chi connectivity index (χ1n) is 22.3. The lowest BCUT2D eigenvalue weighted by Gasteiger charge is -2.43. The first-order chi connectivity index (χ1) is 29.2. The second kappa shape index (κ2) is 14.6. The third-order valence-electron chi connectivity index (χ3n) is 14.6. The van der Waals surface area contributed by atoms with Gasteiger partial charge in [0.25, 0.3) is 0 Å². The van der Waals surface area contributed by atoms with E-state index < -0.39 is 0 Å². The fourth-order valence-corrected chi connectivity index (χ4v) is 11.8. The molecule has 0 radical (unpaired) electrons. The van der Waals surface area contributed by atoms with Gasteiger partial charge in [0.1, 0.15) is 11.9 Å². The van der Waals surface area contributed by atoms with Crippen LogP contribution in [0.4, 0.5) is 0 Å². The number of rotatable bonds is 6. The molecule has 0 bridgehead atoms. The Morgan fingerprint density at radius 1 is 0.695 bits per heavy atom. The molecule has 3 aromatic carbocycles. The first kappa shape index (κ1) is 35.3. The molecular weight excluding hydrogens is 719 g/mol. The second-order valence-corrected chi connectivity index (χ2v) is 17.8. The van der Waals surface area contributed by atoms with Crippen molar-refractivity contribution >= 4 is 28.0 Å². The van der Waals surface area contributed by atoms with Gasteiger partial charge < -0.3 is 14.4 Å². The Morgan fingerprint density at radius 2 is 1.61 bits per heavy atom. The molecule has 1 fully saturated rings. The summed E-state index contributed by atoms with van der Waals surface area (Å²) < 4.78 is 13.9. The van der Waals surface area contributed by atoms with Crippen molar-refractivity contribution in [1.29, 1.82) is 0 Å². The van der Waals surface area contributed by atoms with Crippen LogP contribution in [-0.4, -0.2) is 29.3 Å². The van der Waals surface area contributed by atoms with E-state index in [2.05, 4.69) is 169 Å². The monoisotopic (exact) mass is 769 g/mol. The quantitative estimate of drug-likeness (QED) is 0.249. The van der Waals surface area contributed by atoms with Crippen molar-refractivity contribution < 1.29 is 9.47 Å². The van der Waals surface area contributed by atoms with Crippen molar-refractivity contribution in [3.8, 4) is 5.75 Å². The second-order valence-electron chi connectivity index (χ2n) is 17.8. The summed E-state index contributed by atoms with van der Waals surface area (Å²) >= 11 is 0. The van der Waals surface area contributed by atoms with E-state index in [1.807, 2.05) is 0 Å². The van der Waals surface area contributed by atoms with Crippen LogP contribution in [0.1, 0.15) is 68.1 Å². The van der Waals surface area contributed by atoms with Crippen LogP contribution in [0.15, 0.2) is 175 Å². The molecule has 0 N–H and O–H groups in total. The van der Waals surface area contributed by atoms with Gasteiger partial charge >= 0.3 is 0 Å². The van der Waals surface area contributed by atoms with Crippen LogP contribution in [0, 0.1) is 23.7 Å². The number of benzene rings is 3. The highest BCUT2D eigenvalue weighted by molar-refractivity contribution is 5.85. The Kier molecular flexibility index (Phi) is 8.72. The highest BCUT2D eigenvalue weighted by Crippen LogP contribution is 2.50. The Bertz CT molecular complexity index is 2670. The van der Waals surface area contributed by atoms with Crippen LogP contribution < -0.4 is 15.2 Å². The van der Waals surface area contributed by atoms with Gasteiger partial charge in [-0.25, -0.2) is 0 Å². The lowest BCUT2D eigenvalue weighted by atomic mass is 9.73. The summed E-state index contributed by atoms with van der Waals surface area (Å²) in [7, 11) is 0. The van der Waals surface area contributed by atoms with E-state index in [9.17, 15) is 0 Å². The van der Waals surface area contributed by atoms with Crippen LogP contribution in [0.5, 0.6) is 5.75 Å². The summed E-state index contributed by atoms with van der Waals surface area (Å²) in [5.41, 5.74) is 13.6. The largest absolute Gasteiger partial charge is 0.483 e. The van der Waals surface area contributed by atoms with Crippen LogP contribution in [0.25, 0.3) is 28.0 Å². The molecule has 292 valence electrons. The molecule has 3 aromatic rings. The van der Waals surface area contributed by atoms with E-state index in [1.165, 1.54) is 72.8 Å². The highest BCUT2D eigenvalue weighted by atomic mass is 16.5. The van der Waals surface area contributed by atoms with Crippen molar-refractivity contribution in [3.05, 3.63) is 202 Å². The molecule has 0 saturated carbocycles. The van der Waals surface area contributed by atoms with Crippen molar-refractivity contribution in [3.63, 3.8) is 0 Å². The summed E-state index contributed by atoms with van der Waals surface area (Å²) in [6, 6.07) is 26.9. The minimum atomic E-state index is -0.0897. The van der Waals surface area contributed by atoms with Crippen LogP contribution in [0.2, 0.25) is 0 Å². The maximum atomic E-state index is 7.05. The smallest absolute Gasteiger partial charge is 0.149 e. The van der Waals surface area contributed by atoms with Crippen molar-refractivity contribution in [2.45, 2.75) is 75.7 Å². The summed E-state index contributed by atoms with van der Waals surface area (Å²) in [5, 5.41) is 2.72. The molecule has 0 aromatic heterocycles. The number of ether oxygens (including phenoxy) is 2. The van der Waals surface area contributed by atoms with E-state index >= 15 is 0 Å². The van der Waals surface area contributed by atoms with Gasteiger partial charge in [0.15, 0.2) is 0 Å². The minimum absolute atomic E-state index is 0.0375. The number of nitrogens with zero attached hydrogens (tertiary/aromatic N) is 1. The zero-order valence-corrected chi connectivity index (χ0v) is 33.6. The zero-order valence-electron chi connectivity index (χ0n) is 33.6. The van der Waals surface area contributed by atoms with E-state index in [0.29, 0.717) is 23.7 Å². The normalized spacial score (nSPS) is 30.7. The van der Waals surface area contributed by atoms with Crippen LogP contribution in [0.3, 0.4) is 0 Å². The summed E-state index contributed by atoms with van der Waals surface area (Å²) in [4.78, 5) is 2.74. The molecule has 1 saturated heterocycles. The Hall–Kier alpha value is -5.64. The maximum Gasteiger partial charge on any atom is 0.149 e. The van der Waals surface area contributed by atoms with E-state index in [1.54, 1.807) is 0 Å². The number of hydrogen-bond donors (Lipinski definition) is 0. The van der Waals surface area contributed by atoms with Gasteiger partial charge in [-0.2, -0.15) is 0 Å². The van der Waals surface area contributed by atoms with E-state index in [-0.39, 0.29) is 24.4 Å². The average Bonchev–Trinajstić information content (AvgIpc) is 3.88. The summed E-state index contributed by atoms with van der Waals surface area (Å²) in [6.45, 7) is 0. The molecule has 12 rings (SSSR count). The zero-order chi connectivity index (χ0) is 38.9. The molecule has 2 aliphatic heterocycles. The van der Waals surface area contributed by atoms with Crippen LogP contribution >= 0.6 is 0 Å². The molecule has 8 atom stereocenters. The average molecular weight is 770 g/mol. The number of fused-ring (bicyclic) bond motifs is 8. The summed E-state index contributed by atoms with van der Waals surface area (Å²) in [5.74, 6) is 2.83. The van der Waals surface area contributed by atoms with Gasteiger partial charge in [0, 0.05) is 39.6 Å². The van der Waals surface area contributed by atoms with Gasteiger partial charge in [-0.1, -0.05) is 152 Å². The standard InChI is InChI=1S/C56H51NO2/c1-3-13-36(14-4-1)39-27-32-54-50(33-39)48-23-12-24-51(56(48)59-54)57(52-35-41-17-7-8-18-43(41)45-19-9-10-20-46(45)52)42-29-25-37(26-30-42)40-28-31-53-49(34-40)47-22-11-21-44(55(47)58-53)38-15-5-2-6-16-38/h2-3,5-10,12-21,23-24,27-29,31-34,37,41,47,49,51,53,55-56H,1,4,11,22,25-26,30,35H2. The molecule has 9 aliphatic rings. The van der Waals surface area contributed by atoms with Crippen molar-refractivity contribution in [1.82, 2.24) is 4.90 Å². The number of hydrogen-bond acceptors (Lipinski definition) is 3. The van der Waals surface area contributed by atoms with Crippen LogP contribution in [-0.2, 0) is 4.74 Å². The first-order valence-corrected chi connectivity index (χ1v) is 22.3. The third kappa shape index (κ3) is 6.03. The lowest BCUT2D eigenvalue weighted by Crippen LogP contribution is -2.48. The molecule has 59 heavy (non-hydrogen) atoms. The van der Waals surface area contributed by atoms with E-state index in [4.69, 9.17) is 9.47 Å². The highest BCUT2D eigenvalue weighted by Gasteiger charge is 2.47. The Balaban J connectivity index is 0.884. The topological polar surface area (TPSA) is 21.7 Å². The van der Waals surface area contributed by atoms with Gasteiger partial charge in [0.2, 0.25) is 0 Å². The summed E-state index contributed by atoms with van der Waals surface area (Å²) in [6.07, 6.45) is 44.6. The van der Waals surface area contributed by atoms with Crippen molar-refractivity contribution in [2.24, 2.45) is 23.7 Å². The predicted molar refractivity (Wildman–Crippen MR) is 241 cm³/mol. The van der Waals surface area contributed by atoms with Crippen molar-refractivity contribution in [2.75, 3.05) is 0 Å². The van der Waals surface area contributed by atoms with Gasteiger partial charge in [0.05, 0.1) is 18.2 Å². The molecule has 3 heteroatoms. The molecule has 7 aliphatic carbocycles. The Labute approximate surface area is 348 Å².